The number of nitrogens with one attached hydrogen (secondary N) is 1. The number of hydrogen-bond acceptors (Lipinski definition) is 6. The van der Waals surface area contributed by atoms with Crippen LogP contribution in [0.1, 0.15) is 12.7 Å². The van der Waals surface area contributed by atoms with Crippen LogP contribution < -0.4 is 5.32 Å². The molecular weight excluding hydrogens is 279 g/mol. The molecule has 5 nitrogen and oxygen atoms in total. The van der Waals surface area contributed by atoms with Crippen molar-refractivity contribution in [3.05, 3.63) is 5.82 Å². The SMILES string of the molecule is CCS(=O)(=O)CCNc1nc(C(F)(F)F)ns1. The Hall–Kier alpha value is -0.900. The van der Waals surface area contributed by atoms with Crippen molar-refractivity contribution in [3.63, 3.8) is 0 Å². The van der Waals surface area contributed by atoms with Crippen LogP contribution in [-0.4, -0.2) is 35.8 Å². The third kappa shape index (κ3) is 4.46. The molecule has 0 saturated carbocycles. The Morgan fingerprint density at radius 3 is 2.53 bits per heavy atom. The minimum absolute atomic E-state index is 0.00139. The van der Waals surface area contributed by atoms with Gasteiger partial charge in [-0.25, -0.2) is 8.42 Å². The van der Waals surface area contributed by atoms with Gasteiger partial charge < -0.3 is 5.32 Å². The van der Waals surface area contributed by atoms with Crippen molar-refractivity contribution in [3.8, 4) is 0 Å². The van der Waals surface area contributed by atoms with Crippen molar-refractivity contribution in [1.82, 2.24) is 9.36 Å². The standard InChI is InChI=1S/C7H10F3N3O2S2/c1-2-17(14,15)4-3-11-6-12-5(13-16-6)7(8,9)10/h2-4H2,1H3,(H,11,12,13). The maximum atomic E-state index is 12.1. The monoisotopic (exact) mass is 289 g/mol. The molecule has 0 fully saturated rings. The van der Waals surface area contributed by atoms with Crippen molar-refractivity contribution in [2.24, 2.45) is 0 Å². The van der Waals surface area contributed by atoms with Crippen LogP contribution >= 0.6 is 11.5 Å². The van der Waals surface area contributed by atoms with Gasteiger partial charge in [0.05, 0.1) is 5.75 Å². The lowest BCUT2D eigenvalue weighted by Gasteiger charge is -2.02. The smallest absolute Gasteiger partial charge is 0.359 e. The number of sulfone groups is 1. The third-order valence-electron chi connectivity index (χ3n) is 1.81. The molecule has 1 rings (SSSR count). The van der Waals surface area contributed by atoms with Gasteiger partial charge in [0.25, 0.3) is 0 Å². The molecule has 0 spiro atoms. The fraction of sp³-hybridized carbons (Fsp3) is 0.714. The van der Waals surface area contributed by atoms with E-state index in [1.165, 1.54) is 6.92 Å². The quantitative estimate of drug-likeness (QED) is 0.887. The topological polar surface area (TPSA) is 72.0 Å². The first kappa shape index (κ1) is 14.2. The summed E-state index contributed by atoms with van der Waals surface area (Å²) in [6.45, 7) is 1.52. The summed E-state index contributed by atoms with van der Waals surface area (Å²) in [7, 11) is -3.14. The molecule has 0 aromatic carbocycles. The van der Waals surface area contributed by atoms with Crippen LogP contribution in [0.4, 0.5) is 18.3 Å². The highest BCUT2D eigenvalue weighted by Crippen LogP contribution is 2.28. The highest BCUT2D eigenvalue weighted by atomic mass is 32.2. The van der Waals surface area contributed by atoms with Gasteiger partial charge in [-0.05, 0) is 0 Å². The zero-order valence-electron chi connectivity index (χ0n) is 8.78. The van der Waals surface area contributed by atoms with E-state index in [0.29, 0.717) is 11.5 Å². The van der Waals surface area contributed by atoms with E-state index >= 15 is 0 Å². The van der Waals surface area contributed by atoms with E-state index in [1.54, 1.807) is 0 Å². The van der Waals surface area contributed by atoms with Crippen LogP contribution in [0.2, 0.25) is 0 Å². The van der Waals surface area contributed by atoms with Crippen LogP contribution in [0, 0.1) is 0 Å². The third-order valence-corrected chi connectivity index (χ3v) is 4.19. The molecule has 98 valence electrons. The molecule has 0 aliphatic heterocycles. The van der Waals surface area contributed by atoms with Crippen molar-refractivity contribution in [1.29, 1.82) is 0 Å². The fourth-order valence-electron chi connectivity index (χ4n) is 0.868. The van der Waals surface area contributed by atoms with Gasteiger partial charge in [-0.15, -0.1) is 0 Å². The number of anilines is 1. The maximum absolute atomic E-state index is 12.1. The van der Waals surface area contributed by atoms with E-state index in [9.17, 15) is 21.6 Å². The second kappa shape index (κ2) is 5.17. The number of hydrogen-bond donors (Lipinski definition) is 1. The largest absolute Gasteiger partial charge is 0.452 e. The molecule has 0 atom stereocenters. The first-order chi connectivity index (χ1) is 7.74. The molecule has 1 heterocycles. The Morgan fingerprint density at radius 1 is 1.41 bits per heavy atom. The Balaban J connectivity index is 2.52. The minimum Gasteiger partial charge on any atom is -0.359 e. The second-order valence-corrected chi connectivity index (χ2v) is 6.31. The second-order valence-electron chi connectivity index (χ2n) is 3.08. The Bertz CT molecular complexity index is 469. The Kier molecular flexibility index (Phi) is 4.31. The average molecular weight is 289 g/mol. The number of halogens is 3. The highest BCUT2D eigenvalue weighted by Gasteiger charge is 2.36. The number of alkyl halides is 3. The molecule has 17 heavy (non-hydrogen) atoms. The summed E-state index contributed by atoms with van der Waals surface area (Å²) in [5.74, 6) is -1.37. The van der Waals surface area contributed by atoms with E-state index in [2.05, 4.69) is 14.7 Å². The fourth-order valence-corrected chi connectivity index (χ4v) is 2.18. The summed E-state index contributed by atoms with van der Waals surface area (Å²) < 4.78 is 61.7. The first-order valence-electron chi connectivity index (χ1n) is 4.60. The molecule has 1 aromatic rings. The lowest BCUT2D eigenvalue weighted by molar-refractivity contribution is -0.144. The van der Waals surface area contributed by atoms with Crippen LogP contribution in [-0.2, 0) is 16.0 Å². The van der Waals surface area contributed by atoms with Gasteiger partial charge in [0.2, 0.25) is 11.0 Å². The van der Waals surface area contributed by atoms with Crippen molar-refractivity contribution >= 4 is 26.5 Å². The Labute approximate surface area is 100 Å². The zero-order chi connectivity index (χ0) is 13.1. The van der Waals surface area contributed by atoms with Crippen LogP contribution in [0.3, 0.4) is 0 Å². The van der Waals surface area contributed by atoms with Crippen molar-refractivity contribution in [2.45, 2.75) is 13.1 Å². The molecule has 1 N–H and O–H groups in total. The number of nitrogens with zero attached hydrogens (tertiary/aromatic N) is 2. The molecule has 0 aliphatic rings. The summed E-state index contributed by atoms with van der Waals surface area (Å²) in [4.78, 5) is 3.20. The van der Waals surface area contributed by atoms with Gasteiger partial charge in [-0.1, -0.05) is 6.92 Å². The highest BCUT2D eigenvalue weighted by molar-refractivity contribution is 7.91. The molecule has 0 aliphatic carbocycles. The van der Waals surface area contributed by atoms with Gasteiger partial charge in [0.15, 0.2) is 9.84 Å². The predicted octanol–water partition coefficient (Wildman–Crippen LogP) is 1.40. The normalized spacial score (nSPS) is 12.7. The summed E-state index contributed by atoms with van der Waals surface area (Å²) in [6, 6.07) is 0. The molecule has 0 radical (unpaired) electrons. The first-order valence-corrected chi connectivity index (χ1v) is 7.19. The summed E-state index contributed by atoms with van der Waals surface area (Å²) in [5, 5.41) is 2.46. The molecule has 0 saturated heterocycles. The maximum Gasteiger partial charge on any atom is 0.452 e. The van der Waals surface area contributed by atoms with Gasteiger partial charge in [0.1, 0.15) is 0 Å². The van der Waals surface area contributed by atoms with E-state index < -0.39 is 21.8 Å². The molecular formula is C7H10F3N3O2S2. The summed E-state index contributed by atoms with van der Waals surface area (Å²) in [6.07, 6.45) is -4.58. The zero-order valence-corrected chi connectivity index (χ0v) is 10.4. The van der Waals surface area contributed by atoms with Gasteiger partial charge in [-0.2, -0.15) is 22.5 Å². The average Bonchev–Trinajstić information content (AvgIpc) is 2.66. The van der Waals surface area contributed by atoms with E-state index in [-0.39, 0.29) is 23.2 Å². The number of aromatic nitrogens is 2. The van der Waals surface area contributed by atoms with Crippen molar-refractivity contribution in [2.75, 3.05) is 23.4 Å². The van der Waals surface area contributed by atoms with E-state index in [1.807, 2.05) is 0 Å². The van der Waals surface area contributed by atoms with Crippen LogP contribution in [0.25, 0.3) is 0 Å². The summed E-state index contributed by atoms with van der Waals surface area (Å²) in [5.41, 5.74) is 0. The molecule has 0 bridgehead atoms. The van der Waals surface area contributed by atoms with E-state index in [0.717, 1.165) is 0 Å². The molecule has 0 unspecified atom stereocenters. The van der Waals surface area contributed by atoms with Crippen LogP contribution in [0.15, 0.2) is 0 Å². The van der Waals surface area contributed by atoms with Gasteiger partial charge in [-0.3, -0.25) is 0 Å². The van der Waals surface area contributed by atoms with Crippen LogP contribution in [0.5, 0.6) is 0 Å². The molecule has 10 heteroatoms. The predicted molar refractivity (Wildman–Crippen MR) is 57.7 cm³/mol. The molecule has 1 aromatic heterocycles. The minimum atomic E-state index is -4.58. The van der Waals surface area contributed by atoms with Crippen molar-refractivity contribution < 1.29 is 21.6 Å². The summed E-state index contributed by atoms with van der Waals surface area (Å²) >= 11 is 0.548. The van der Waals surface area contributed by atoms with Gasteiger partial charge >= 0.3 is 6.18 Å². The Morgan fingerprint density at radius 2 is 2.06 bits per heavy atom. The van der Waals surface area contributed by atoms with E-state index in [4.69, 9.17) is 0 Å². The lowest BCUT2D eigenvalue weighted by atomic mass is 10.6. The number of rotatable bonds is 5. The van der Waals surface area contributed by atoms with Gasteiger partial charge in [0, 0.05) is 23.8 Å². The lowest BCUT2D eigenvalue weighted by Crippen LogP contribution is -2.17. The molecule has 0 amide bonds.